The molecule has 244 valence electrons. The number of aliphatic hydroxyl groups is 3. The molecule has 7 atom stereocenters. The smallest absolute Gasteiger partial charge is 0.335 e. The third-order valence-electron chi connectivity index (χ3n) is 11.0. The number of piperidine rings is 1. The van der Waals surface area contributed by atoms with Crippen molar-refractivity contribution in [3.63, 3.8) is 0 Å². The number of carboxylic acid groups (broad SMARTS) is 2. The van der Waals surface area contributed by atoms with Crippen molar-refractivity contribution in [1.29, 1.82) is 0 Å². The number of carbonyl (C=O) groups excluding carboxylic acids is 2. The van der Waals surface area contributed by atoms with E-state index in [-0.39, 0.29) is 23.6 Å². The van der Waals surface area contributed by atoms with Crippen LogP contribution in [0.1, 0.15) is 69.5 Å². The van der Waals surface area contributed by atoms with Gasteiger partial charge in [0.25, 0.3) is 11.8 Å². The summed E-state index contributed by atoms with van der Waals surface area (Å²) in [5.74, 6) is -2.88. The number of benzene rings is 2. The molecule has 2 aromatic carbocycles. The monoisotopic (exact) mass is 636 g/mol. The lowest BCUT2D eigenvalue weighted by Gasteiger charge is -2.64. The summed E-state index contributed by atoms with van der Waals surface area (Å²) in [4.78, 5) is 50.7. The number of likely N-dealkylation sites (tertiary alicyclic amines) is 1. The molecule has 2 bridgehead atoms. The number of carbonyl (C=O) groups is 4. The number of aliphatic carboxylic acids is 2. The van der Waals surface area contributed by atoms with Crippen LogP contribution < -0.4 is 4.74 Å². The summed E-state index contributed by atoms with van der Waals surface area (Å²) >= 11 is 0. The highest BCUT2D eigenvalue weighted by Crippen LogP contribution is 2.66. The van der Waals surface area contributed by atoms with Crippen molar-refractivity contribution in [2.24, 2.45) is 5.92 Å². The predicted molar refractivity (Wildman–Crippen MR) is 158 cm³/mol. The zero-order chi connectivity index (χ0) is 32.9. The maximum Gasteiger partial charge on any atom is 0.335 e. The normalized spacial score (nSPS) is 31.7. The van der Waals surface area contributed by atoms with Crippen molar-refractivity contribution in [2.75, 3.05) is 13.1 Å². The molecule has 2 saturated carbocycles. The van der Waals surface area contributed by atoms with Crippen molar-refractivity contribution in [3.05, 3.63) is 58.1 Å². The summed E-state index contributed by atoms with van der Waals surface area (Å²) in [6, 6.07) is 8.52. The van der Waals surface area contributed by atoms with Gasteiger partial charge in [-0.15, -0.1) is 0 Å². The Hall–Kier alpha value is -4.04. The van der Waals surface area contributed by atoms with Gasteiger partial charge in [-0.25, -0.2) is 9.59 Å². The minimum Gasteiger partial charge on any atom is -0.504 e. The number of amides is 2. The fraction of sp³-hybridized carbons (Fsp3) is 0.515. The van der Waals surface area contributed by atoms with E-state index in [2.05, 4.69) is 4.90 Å². The number of hydrogen-bond donors (Lipinski definition) is 6. The largest absolute Gasteiger partial charge is 0.504 e. The van der Waals surface area contributed by atoms with E-state index in [1.54, 1.807) is 12.1 Å². The zero-order valence-corrected chi connectivity index (χ0v) is 25.1. The van der Waals surface area contributed by atoms with Gasteiger partial charge in [0.15, 0.2) is 23.7 Å². The van der Waals surface area contributed by atoms with E-state index in [0.717, 1.165) is 36.2 Å². The number of carboxylic acids is 2. The summed E-state index contributed by atoms with van der Waals surface area (Å²) in [5, 5.41) is 56.0. The van der Waals surface area contributed by atoms with Crippen LogP contribution in [-0.2, 0) is 21.4 Å². The maximum absolute atomic E-state index is 13.7. The number of imide groups is 1. The lowest BCUT2D eigenvalue weighted by atomic mass is 9.48. The van der Waals surface area contributed by atoms with Crippen molar-refractivity contribution in [2.45, 2.75) is 86.9 Å². The fourth-order valence-corrected chi connectivity index (χ4v) is 8.76. The van der Waals surface area contributed by atoms with Gasteiger partial charge >= 0.3 is 11.9 Å². The molecule has 3 aliphatic carbocycles. The lowest BCUT2D eigenvalue weighted by Crippen LogP contribution is -2.78. The molecule has 0 aromatic heterocycles. The first-order chi connectivity index (χ1) is 21.8. The first-order valence-corrected chi connectivity index (χ1v) is 15.6. The number of phenolic OH excluding ortho intramolecular Hbond substituents is 1. The summed E-state index contributed by atoms with van der Waals surface area (Å²) in [5.41, 5.74) is 1.93. The molecule has 3 unspecified atom stereocenters. The standard InChI is InChI=1S/C29H30N2O5.C4H6O6/c1-15-3-2-4-18-22(15)27(34)31(26(18)33)19-9-10-29(35)21-13-17-7-8-20(32)24-23(17)28(29,25(19)36-24)11-12-30(21)14-16-5-6-16;5-1(3(7)8)2(6)4(9)10/h2-4,7-8,16,19,21,25,32,35H,5-6,9-14H2,1H3;1-2,5-6H,(H,7,8)(H,9,10)/t19-,21-,25+,28+,29?;/m1./s1. The molecule has 0 radical (unpaired) electrons. The fourth-order valence-electron chi connectivity index (χ4n) is 8.76. The second kappa shape index (κ2) is 10.5. The van der Waals surface area contributed by atoms with Gasteiger partial charge in [0.1, 0.15) is 6.10 Å². The van der Waals surface area contributed by atoms with Crippen molar-refractivity contribution < 1.29 is 54.6 Å². The highest BCUT2D eigenvalue weighted by molar-refractivity contribution is 6.22. The van der Waals surface area contributed by atoms with Crippen LogP contribution >= 0.6 is 0 Å². The Kier molecular flexibility index (Phi) is 6.98. The minimum atomic E-state index is -2.27. The van der Waals surface area contributed by atoms with Crippen LogP contribution in [0.25, 0.3) is 0 Å². The van der Waals surface area contributed by atoms with Crippen LogP contribution in [-0.4, -0.2) is 113 Å². The van der Waals surface area contributed by atoms with Crippen LogP contribution in [0.5, 0.6) is 11.5 Å². The molecule has 3 fully saturated rings. The highest BCUT2D eigenvalue weighted by atomic mass is 16.5. The Balaban J connectivity index is 0.000000296. The molecular weight excluding hydrogens is 600 g/mol. The topological polar surface area (TPSA) is 205 Å². The third kappa shape index (κ3) is 4.15. The average Bonchev–Trinajstić information content (AvgIpc) is 3.70. The summed E-state index contributed by atoms with van der Waals surface area (Å²) in [7, 11) is 0. The van der Waals surface area contributed by atoms with Crippen molar-refractivity contribution in [1.82, 2.24) is 9.80 Å². The van der Waals surface area contributed by atoms with Crippen LogP contribution in [0, 0.1) is 12.8 Å². The molecule has 3 heterocycles. The number of phenols is 1. The molecule has 46 heavy (non-hydrogen) atoms. The van der Waals surface area contributed by atoms with E-state index in [9.17, 15) is 29.4 Å². The van der Waals surface area contributed by atoms with Gasteiger partial charge in [-0.05, 0) is 81.2 Å². The Bertz CT molecular complexity index is 1650. The molecule has 13 nitrogen and oxygen atoms in total. The van der Waals surface area contributed by atoms with E-state index in [0.29, 0.717) is 42.1 Å². The van der Waals surface area contributed by atoms with E-state index in [1.807, 2.05) is 25.1 Å². The Morgan fingerprint density at radius 2 is 1.70 bits per heavy atom. The number of aliphatic hydroxyl groups excluding tert-OH is 2. The Morgan fingerprint density at radius 1 is 1.00 bits per heavy atom. The Morgan fingerprint density at radius 3 is 2.33 bits per heavy atom. The molecule has 8 rings (SSSR count). The molecule has 3 aliphatic heterocycles. The quantitative estimate of drug-likeness (QED) is 0.244. The number of fused-ring (bicyclic) bond motifs is 1. The minimum absolute atomic E-state index is 0.0358. The lowest BCUT2D eigenvalue weighted by molar-refractivity contribution is -0.196. The number of nitrogens with zero attached hydrogens (tertiary/aromatic N) is 2. The van der Waals surface area contributed by atoms with E-state index >= 15 is 0 Å². The van der Waals surface area contributed by atoms with Gasteiger partial charge in [0, 0.05) is 18.2 Å². The summed E-state index contributed by atoms with van der Waals surface area (Å²) in [6.07, 6.45) is -0.236. The molecule has 6 N–H and O–H groups in total. The van der Waals surface area contributed by atoms with Gasteiger partial charge in [0.2, 0.25) is 0 Å². The van der Waals surface area contributed by atoms with Crippen molar-refractivity contribution >= 4 is 23.8 Å². The van der Waals surface area contributed by atoms with Gasteiger partial charge < -0.3 is 35.4 Å². The predicted octanol–water partition coefficient (Wildman–Crippen LogP) is 0.807. The molecule has 2 amide bonds. The number of aromatic hydroxyl groups is 1. The first kappa shape index (κ1) is 30.6. The second-order valence-corrected chi connectivity index (χ2v) is 13.4. The number of rotatable bonds is 6. The van der Waals surface area contributed by atoms with E-state index < -0.39 is 47.3 Å². The van der Waals surface area contributed by atoms with Gasteiger partial charge in [-0.2, -0.15) is 0 Å². The molecule has 2 aromatic rings. The van der Waals surface area contributed by atoms with Crippen LogP contribution in [0.2, 0.25) is 0 Å². The average molecular weight is 637 g/mol. The van der Waals surface area contributed by atoms with E-state index in [1.165, 1.54) is 17.7 Å². The zero-order valence-electron chi connectivity index (χ0n) is 25.1. The highest BCUT2D eigenvalue weighted by Gasteiger charge is 2.74. The second-order valence-electron chi connectivity index (χ2n) is 13.4. The maximum atomic E-state index is 13.7. The number of aryl methyl sites for hydroxylation is 1. The summed E-state index contributed by atoms with van der Waals surface area (Å²) < 4.78 is 6.58. The number of ether oxygens (including phenoxy) is 1. The summed E-state index contributed by atoms with van der Waals surface area (Å²) in [6.45, 7) is 3.71. The van der Waals surface area contributed by atoms with E-state index in [4.69, 9.17) is 25.2 Å². The van der Waals surface area contributed by atoms with Crippen LogP contribution in [0.15, 0.2) is 30.3 Å². The van der Waals surface area contributed by atoms with Crippen LogP contribution in [0.4, 0.5) is 0 Å². The molecule has 13 heteroatoms. The SMILES string of the molecule is Cc1cccc2c1C(=O)N([C@@H]1CCC3(O)[C@H]4Cc5ccc(O)c6c5[C@@]3(CCN4CC3CC3)[C@H]1O6)C2=O.O=C(O)C(O)C(O)C(=O)O. The Labute approximate surface area is 263 Å². The van der Waals surface area contributed by atoms with Gasteiger partial charge in [0.05, 0.1) is 28.2 Å². The van der Waals surface area contributed by atoms with Crippen LogP contribution in [0.3, 0.4) is 0 Å². The molecule has 6 aliphatic rings. The van der Waals surface area contributed by atoms with Gasteiger partial charge in [-0.3, -0.25) is 19.4 Å². The molecular formula is C33H36N2O11. The molecule has 1 spiro atoms. The number of hydrogen-bond acceptors (Lipinski definition) is 10. The van der Waals surface area contributed by atoms with Gasteiger partial charge in [-0.1, -0.05) is 18.2 Å². The molecule has 1 saturated heterocycles. The first-order valence-electron chi connectivity index (χ1n) is 15.6. The third-order valence-corrected chi connectivity index (χ3v) is 11.0. The van der Waals surface area contributed by atoms with Crippen molar-refractivity contribution in [3.8, 4) is 11.5 Å².